The number of hydrogen-bond acceptors (Lipinski definition) is 2. The molecule has 0 aliphatic rings. The second-order valence-electron chi connectivity index (χ2n) is 4.09. The summed E-state index contributed by atoms with van der Waals surface area (Å²) >= 11 is 0. The molecule has 0 saturated heterocycles. The topological polar surface area (TPSA) is 15.3 Å². The molecule has 0 aliphatic carbocycles. The third-order valence-electron chi connectivity index (χ3n) is 2.04. The Morgan fingerprint density at radius 2 is 2.00 bits per heavy atom. The fraction of sp³-hybridized carbons (Fsp3) is 1.00. The van der Waals surface area contributed by atoms with E-state index in [4.69, 9.17) is 0 Å². The Morgan fingerprint density at radius 1 is 1.31 bits per heavy atom. The summed E-state index contributed by atoms with van der Waals surface area (Å²) in [5.74, 6) is 0. The summed E-state index contributed by atoms with van der Waals surface area (Å²) in [6.07, 6.45) is 2.67. The molecule has 0 bridgehead atoms. The Labute approximate surface area is 86.0 Å². The molecule has 0 atom stereocenters. The largest absolute Gasteiger partial charge is 0.317 e. The molecule has 0 fully saturated rings. The molecule has 0 rings (SSSR count). The third-order valence-corrected chi connectivity index (χ3v) is 3.82. The molecule has 0 radical (unpaired) electrons. The zero-order valence-electron chi connectivity index (χ0n) is 9.77. The lowest BCUT2D eigenvalue weighted by Crippen LogP contribution is -2.38. The zero-order valence-corrected chi connectivity index (χ0v) is 11.2. The van der Waals surface area contributed by atoms with Crippen molar-refractivity contribution < 1.29 is 0 Å². The van der Waals surface area contributed by atoms with Crippen LogP contribution in [-0.2, 0) is 0 Å². The van der Waals surface area contributed by atoms with Gasteiger partial charge in [0.1, 0.15) is 0 Å². The maximum Gasteiger partial charge on any atom is 0.0991 e. The summed E-state index contributed by atoms with van der Waals surface area (Å²) in [4.78, 5) is 0. The summed E-state index contributed by atoms with van der Waals surface area (Å²) in [5.41, 5.74) is 0.913. The Hall–Kier alpha value is 0.137. The van der Waals surface area contributed by atoms with Crippen LogP contribution in [0.4, 0.5) is 0 Å². The van der Waals surface area contributed by atoms with Crippen LogP contribution in [0, 0.1) is 0 Å². The van der Waals surface area contributed by atoms with E-state index in [9.17, 15) is 0 Å². The van der Waals surface area contributed by atoms with Crippen LogP contribution in [0.5, 0.6) is 0 Å². The quantitative estimate of drug-likeness (QED) is 0.475. The SMILES string of the molecule is CCCCN(CNCC)[SiH2]C(C)C. The Morgan fingerprint density at radius 3 is 2.46 bits per heavy atom. The van der Waals surface area contributed by atoms with Crippen LogP contribution in [0.15, 0.2) is 0 Å². The highest BCUT2D eigenvalue weighted by molar-refractivity contribution is 6.33. The fourth-order valence-corrected chi connectivity index (χ4v) is 3.13. The van der Waals surface area contributed by atoms with Crippen molar-refractivity contribution in [3.8, 4) is 0 Å². The van der Waals surface area contributed by atoms with Gasteiger partial charge in [-0.15, -0.1) is 0 Å². The van der Waals surface area contributed by atoms with Gasteiger partial charge in [0.15, 0.2) is 0 Å². The molecule has 0 saturated carbocycles. The van der Waals surface area contributed by atoms with Gasteiger partial charge in [-0.3, -0.25) is 0 Å². The van der Waals surface area contributed by atoms with E-state index in [0.717, 1.165) is 18.8 Å². The van der Waals surface area contributed by atoms with E-state index in [1.165, 1.54) is 19.4 Å². The Kier molecular flexibility index (Phi) is 8.81. The smallest absolute Gasteiger partial charge is 0.0991 e. The standard InChI is InChI=1S/C10H26N2Si/c1-5-7-8-12(9-11-6-2)13-10(3)4/h10-11H,5-9,13H2,1-4H3. The molecule has 13 heavy (non-hydrogen) atoms. The summed E-state index contributed by atoms with van der Waals surface area (Å²) in [6.45, 7) is 12.6. The lowest BCUT2D eigenvalue weighted by Gasteiger charge is -2.23. The highest BCUT2D eigenvalue weighted by atomic mass is 28.2. The first kappa shape index (κ1) is 13.1. The van der Waals surface area contributed by atoms with E-state index < -0.39 is 0 Å². The summed E-state index contributed by atoms with van der Waals surface area (Å²) < 4.78 is 2.65. The summed E-state index contributed by atoms with van der Waals surface area (Å²) in [6, 6.07) is 0. The average Bonchev–Trinajstić information content (AvgIpc) is 2.09. The van der Waals surface area contributed by atoms with Crippen molar-refractivity contribution in [2.75, 3.05) is 19.8 Å². The average molecular weight is 202 g/mol. The number of hydrogen-bond donors (Lipinski definition) is 1. The summed E-state index contributed by atoms with van der Waals surface area (Å²) in [7, 11) is -0.00972. The highest BCUT2D eigenvalue weighted by Crippen LogP contribution is 2.02. The summed E-state index contributed by atoms with van der Waals surface area (Å²) in [5, 5.41) is 3.42. The van der Waals surface area contributed by atoms with Gasteiger partial charge in [-0.25, -0.2) is 0 Å². The lowest BCUT2D eigenvalue weighted by atomic mass is 10.3. The molecule has 1 N–H and O–H groups in total. The molecular formula is C10H26N2Si. The monoisotopic (exact) mass is 202 g/mol. The van der Waals surface area contributed by atoms with Crippen LogP contribution in [0.1, 0.15) is 40.5 Å². The second kappa shape index (κ2) is 8.72. The molecule has 0 aromatic heterocycles. The van der Waals surface area contributed by atoms with Crippen LogP contribution in [0.2, 0.25) is 5.54 Å². The highest BCUT2D eigenvalue weighted by Gasteiger charge is 2.05. The van der Waals surface area contributed by atoms with E-state index in [1.807, 2.05) is 0 Å². The minimum Gasteiger partial charge on any atom is -0.317 e. The minimum atomic E-state index is -0.00972. The van der Waals surface area contributed by atoms with Crippen molar-refractivity contribution in [3.63, 3.8) is 0 Å². The molecule has 0 heterocycles. The van der Waals surface area contributed by atoms with E-state index in [1.54, 1.807) is 0 Å². The molecular weight excluding hydrogens is 176 g/mol. The van der Waals surface area contributed by atoms with Crippen molar-refractivity contribution in [1.29, 1.82) is 0 Å². The van der Waals surface area contributed by atoms with E-state index in [2.05, 4.69) is 37.6 Å². The van der Waals surface area contributed by atoms with Crippen LogP contribution in [0.25, 0.3) is 0 Å². The predicted octanol–water partition coefficient (Wildman–Crippen LogP) is 1.57. The fourth-order valence-electron chi connectivity index (χ4n) is 1.40. The predicted molar refractivity (Wildman–Crippen MR) is 63.8 cm³/mol. The van der Waals surface area contributed by atoms with Crippen LogP contribution in [0.3, 0.4) is 0 Å². The van der Waals surface area contributed by atoms with Crippen molar-refractivity contribution in [2.24, 2.45) is 0 Å². The van der Waals surface area contributed by atoms with Gasteiger partial charge in [0.25, 0.3) is 0 Å². The van der Waals surface area contributed by atoms with Crippen molar-refractivity contribution in [2.45, 2.75) is 46.1 Å². The van der Waals surface area contributed by atoms with E-state index >= 15 is 0 Å². The van der Waals surface area contributed by atoms with Crippen LogP contribution in [-0.4, -0.2) is 34.0 Å². The van der Waals surface area contributed by atoms with Crippen LogP contribution < -0.4 is 5.32 Å². The van der Waals surface area contributed by atoms with Gasteiger partial charge >= 0.3 is 0 Å². The normalized spacial score (nSPS) is 12.5. The molecule has 0 unspecified atom stereocenters. The van der Waals surface area contributed by atoms with Gasteiger partial charge in [0.05, 0.1) is 9.68 Å². The van der Waals surface area contributed by atoms with Gasteiger partial charge in [-0.2, -0.15) is 0 Å². The first-order valence-electron chi connectivity index (χ1n) is 5.63. The van der Waals surface area contributed by atoms with Crippen LogP contribution >= 0.6 is 0 Å². The number of unbranched alkanes of at least 4 members (excludes halogenated alkanes) is 1. The second-order valence-corrected chi connectivity index (χ2v) is 6.98. The Balaban J connectivity index is 3.60. The zero-order chi connectivity index (χ0) is 10.1. The molecule has 0 spiro atoms. The number of nitrogens with one attached hydrogen (secondary N) is 1. The van der Waals surface area contributed by atoms with E-state index in [-0.39, 0.29) is 9.68 Å². The number of rotatable bonds is 8. The van der Waals surface area contributed by atoms with Gasteiger partial charge in [-0.05, 0) is 25.1 Å². The van der Waals surface area contributed by atoms with Gasteiger partial charge < -0.3 is 9.88 Å². The van der Waals surface area contributed by atoms with Gasteiger partial charge in [0.2, 0.25) is 0 Å². The maximum absolute atomic E-state index is 3.42. The molecule has 80 valence electrons. The van der Waals surface area contributed by atoms with Crippen molar-refractivity contribution in [1.82, 2.24) is 9.88 Å². The third kappa shape index (κ3) is 8.47. The maximum atomic E-state index is 3.42. The molecule has 0 aromatic carbocycles. The lowest BCUT2D eigenvalue weighted by molar-refractivity contribution is 0.393. The molecule has 0 aromatic rings. The van der Waals surface area contributed by atoms with Gasteiger partial charge in [0, 0.05) is 6.67 Å². The molecule has 0 aliphatic heterocycles. The number of nitrogens with zero attached hydrogens (tertiary/aromatic N) is 1. The van der Waals surface area contributed by atoms with Gasteiger partial charge in [-0.1, -0.05) is 34.1 Å². The van der Waals surface area contributed by atoms with Crippen molar-refractivity contribution >= 4 is 9.68 Å². The molecule has 2 nitrogen and oxygen atoms in total. The minimum absolute atomic E-state index is 0.00972. The van der Waals surface area contributed by atoms with E-state index in [0.29, 0.717) is 0 Å². The Bertz CT molecular complexity index is 99.1. The first-order chi connectivity index (χ1) is 6.20. The first-order valence-corrected chi connectivity index (χ1v) is 7.08. The van der Waals surface area contributed by atoms with Crippen molar-refractivity contribution in [3.05, 3.63) is 0 Å². The molecule has 0 amide bonds. The molecule has 3 heteroatoms.